The molecule has 1 N–H and O–H groups in total. The monoisotopic (exact) mass is 615 g/mol. The molecule has 0 radical (unpaired) electrons. The van der Waals surface area contributed by atoms with Gasteiger partial charge in [-0.2, -0.15) is 0 Å². The number of rotatable bonds is 4. The smallest absolute Gasteiger partial charge is 0.657 e. The van der Waals surface area contributed by atoms with Crippen molar-refractivity contribution in [1.29, 1.82) is 0 Å². The van der Waals surface area contributed by atoms with E-state index in [-0.39, 0.29) is 19.5 Å². The fourth-order valence-corrected chi connectivity index (χ4v) is 5.62. The predicted octanol–water partition coefficient (Wildman–Crippen LogP) is 8.99. The molecule has 6 heteroatoms. The molecule has 0 saturated heterocycles. The van der Waals surface area contributed by atoms with Crippen LogP contribution in [0.4, 0.5) is 11.4 Å². The van der Waals surface area contributed by atoms with Crippen molar-refractivity contribution in [1.82, 2.24) is 19.9 Å². The first kappa shape index (κ1) is 27.5. The molecule has 5 nitrogen and oxygen atoms in total. The first-order chi connectivity index (χ1) is 21.3. The molecule has 3 aromatic heterocycles. The first-order valence-corrected chi connectivity index (χ1v) is 14.2. The Labute approximate surface area is 267 Å². The number of anilines is 2. The van der Waals surface area contributed by atoms with E-state index >= 15 is 0 Å². The summed E-state index contributed by atoms with van der Waals surface area (Å²) in [7, 11) is 0. The zero-order valence-electron chi connectivity index (χ0n) is 23.9. The average Bonchev–Trinajstić information content (AvgIpc) is 3.88. The van der Waals surface area contributed by atoms with Gasteiger partial charge in [-0.05, 0) is 58.7 Å². The minimum atomic E-state index is 0. The second kappa shape index (κ2) is 11.8. The number of aromatic nitrogens is 4. The van der Waals surface area contributed by atoms with Crippen molar-refractivity contribution < 1.29 is 19.5 Å². The van der Waals surface area contributed by atoms with Crippen LogP contribution in [-0.2, 0) is 19.5 Å². The van der Waals surface area contributed by atoms with E-state index in [0.717, 1.165) is 78.5 Å². The van der Waals surface area contributed by atoms with Crippen molar-refractivity contribution in [3.8, 4) is 22.3 Å². The fraction of sp³-hybridized carbons (Fsp3) is 0. The molecule has 44 heavy (non-hydrogen) atoms. The van der Waals surface area contributed by atoms with Gasteiger partial charge in [0.25, 0.3) is 0 Å². The van der Waals surface area contributed by atoms with E-state index in [1.807, 2.05) is 84.9 Å². The van der Waals surface area contributed by atoms with Crippen LogP contribution in [0.15, 0.2) is 121 Å². The molecule has 2 aliphatic heterocycles. The van der Waals surface area contributed by atoms with Gasteiger partial charge in [0, 0.05) is 11.4 Å². The molecular weight excluding hydrogens is 592 g/mol. The van der Waals surface area contributed by atoms with Gasteiger partial charge in [-0.3, -0.25) is 0 Å². The average molecular weight is 617 g/mol. The van der Waals surface area contributed by atoms with Gasteiger partial charge in [0.1, 0.15) is 0 Å². The van der Waals surface area contributed by atoms with Crippen LogP contribution >= 0.6 is 0 Å². The van der Waals surface area contributed by atoms with Crippen molar-refractivity contribution in [2.45, 2.75) is 0 Å². The van der Waals surface area contributed by atoms with Crippen LogP contribution in [0.2, 0.25) is 0 Å². The molecule has 8 rings (SSSR count). The first-order valence-electron chi connectivity index (χ1n) is 14.2. The van der Waals surface area contributed by atoms with E-state index in [1.54, 1.807) is 0 Å². The topological polar surface area (TPSA) is 66.0 Å². The molecule has 0 saturated carbocycles. The molecule has 2 aliphatic rings. The van der Waals surface area contributed by atoms with Crippen LogP contribution < -0.4 is 15.3 Å². The summed E-state index contributed by atoms with van der Waals surface area (Å²) in [5.41, 5.74) is 12.6. The third-order valence-electron chi connectivity index (χ3n) is 7.60. The number of nitrogens with zero attached hydrogens (tertiary/aromatic N) is 4. The van der Waals surface area contributed by atoms with E-state index in [2.05, 4.69) is 66.0 Å². The third-order valence-corrected chi connectivity index (χ3v) is 7.60. The Kier molecular flexibility index (Phi) is 7.35. The minimum absolute atomic E-state index is 0. The summed E-state index contributed by atoms with van der Waals surface area (Å²) >= 11 is 0. The normalized spacial score (nSPS) is 11.7. The maximum absolute atomic E-state index is 5.19. The van der Waals surface area contributed by atoms with Gasteiger partial charge in [0.15, 0.2) is 0 Å². The number of para-hydroxylation sites is 1. The van der Waals surface area contributed by atoms with Gasteiger partial charge < -0.3 is 15.3 Å². The summed E-state index contributed by atoms with van der Waals surface area (Å²) in [6, 6.07) is 41.0. The molecule has 204 valence electrons. The maximum atomic E-state index is 5.19. The number of nitrogens with one attached hydrogen (secondary N) is 1. The SMILES string of the molecule is C1=Cc2nc1cc1ccc([n-]1)c(-c1ccccc1)c1nc(c(Nc3ccccc3)c3ccc([n-]3)c2-c2ccccc2)C=C1.[Zn+2]. The van der Waals surface area contributed by atoms with E-state index in [1.165, 1.54) is 0 Å². The Morgan fingerprint density at radius 3 is 1.73 bits per heavy atom. The van der Waals surface area contributed by atoms with Crippen LogP contribution in [0.25, 0.3) is 68.6 Å². The Balaban J connectivity index is 0.00000312. The number of hydrogen-bond acceptors (Lipinski definition) is 3. The van der Waals surface area contributed by atoms with Crippen LogP contribution in [0, 0.1) is 0 Å². The van der Waals surface area contributed by atoms with Gasteiger partial charge >= 0.3 is 19.5 Å². The minimum Gasteiger partial charge on any atom is -0.657 e. The summed E-state index contributed by atoms with van der Waals surface area (Å²) in [4.78, 5) is 20.4. The molecule has 0 unspecified atom stereocenters. The third kappa shape index (κ3) is 5.21. The number of hydrogen-bond donors (Lipinski definition) is 1. The molecule has 0 amide bonds. The van der Waals surface area contributed by atoms with Gasteiger partial charge in [-0.15, -0.1) is 22.1 Å². The van der Waals surface area contributed by atoms with Crippen LogP contribution in [0.5, 0.6) is 0 Å². The van der Waals surface area contributed by atoms with Crippen molar-refractivity contribution in [3.63, 3.8) is 0 Å². The molecule has 8 bridgehead atoms. The van der Waals surface area contributed by atoms with Gasteiger partial charge in [0.05, 0.1) is 22.8 Å². The quantitative estimate of drug-likeness (QED) is 0.200. The van der Waals surface area contributed by atoms with E-state index in [9.17, 15) is 0 Å². The van der Waals surface area contributed by atoms with E-state index < -0.39 is 0 Å². The molecule has 0 aliphatic carbocycles. The van der Waals surface area contributed by atoms with Gasteiger partial charge in [-0.1, -0.05) is 109 Å². The standard InChI is InChI=1S/C38H25N5.Zn/c1-4-10-25(11-5-1)36-30-18-16-28(39-30)24-29-17-19-31(40-29)37(26-12-6-2-7-13-26)33-21-23-35(43-33)38(34-22-20-32(36)42-34)41-27-14-8-3-9-15-27;/h1-24,41H;/q-2;+2. The number of benzene rings is 3. The summed E-state index contributed by atoms with van der Waals surface area (Å²) < 4.78 is 0. The Morgan fingerprint density at radius 2 is 1.02 bits per heavy atom. The van der Waals surface area contributed by atoms with Gasteiger partial charge in [-0.25, -0.2) is 9.97 Å². The number of fused-ring (bicyclic) bond motifs is 8. The summed E-state index contributed by atoms with van der Waals surface area (Å²) in [6.07, 6.45) is 8.22. The Morgan fingerprint density at radius 1 is 0.477 bits per heavy atom. The molecule has 0 spiro atoms. The summed E-state index contributed by atoms with van der Waals surface area (Å²) in [6.45, 7) is 0. The predicted molar refractivity (Wildman–Crippen MR) is 177 cm³/mol. The molecular formula is C38H25N5Zn. The molecule has 0 fully saturated rings. The zero-order chi connectivity index (χ0) is 28.6. The van der Waals surface area contributed by atoms with Crippen molar-refractivity contribution >= 4 is 57.7 Å². The molecule has 5 heterocycles. The van der Waals surface area contributed by atoms with E-state index in [4.69, 9.17) is 19.9 Å². The van der Waals surface area contributed by atoms with Crippen molar-refractivity contribution in [2.75, 3.05) is 5.32 Å². The van der Waals surface area contributed by atoms with Gasteiger partial charge in [0.2, 0.25) is 0 Å². The van der Waals surface area contributed by atoms with Crippen molar-refractivity contribution in [3.05, 3.63) is 144 Å². The maximum Gasteiger partial charge on any atom is 2.00 e. The summed E-state index contributed by atoms with van der Waals surface area (Å²) in [5.74, 6) is 0. The van der Waals surface area contributed by atoms with Crippen LogP contribution in [-0.4, -0.2) is 9.97 Å². The summed E-state index contributed by atoms with van der Waals surface area (Å²) in [5, 5.41) is 3.62. The van der Waals surface area contributed by atoms with Crippen molar-refractivity contribution in [2.24, 2.45) is 0 Å². The Bertz CT molecular complexity index is 2160. The fourth-order valence-electron chi connectivity index (χ4n) is 5.62. The Hall–Kier alpha value is -5.32. The van der Waals surface area contributed by atoms with Crippen LogP contribution in [0.3, 0.4) is 0 Å². The largest absolute Gasteiger partial charge is 2.00 e. The molecule has 3 aromatic carbocycles. The molecule has 6 aromatic rings. The second-order valence-corrected chi connectivity index (χ2v) is 10.4. The van der Waals surface area contributed by atoms with Crippen LogP contribution in [0.1, 0.15) is 22.8 Å². The molecule has 0 atom stereocenters. The van der Waals surface area contributed by atoms with E-state index in [0.29, 0.717) is 0 Å². The zero-order valence-corrected chi connectivity index (χ0v) is 26.8. The second-order valence-electron chi connectivity index (χ2n) is 10.4.